The summed E-state index contributed by atoms with van der Waals surface area (Å²) in [6.07, 6.45) is 6.90. The van der Waals surface area contributed by atoms with Gasteiger partial charge in [0.1, 0.15) is 0 Å². The summed E-state index contributed by atoms with van der Waals surface area (Å²) in [6, 6.07) is 0.231. The predicted octanol–water partition coefficient (Wildman–Crippen LogP) is 2.01. The number of carbonyl (C=O) groups is 1. The van der Waals surface area contributed by atoms with E-state index < -0.39 is 0 Å². The average molecular weight is 284 g/mol. The van der Waals surface area contributed by atoms with Crippen molar-refractivity contribution >= 4 is 6.03 Å². The maximum absolute atomic E-state index is 12.4. The molecule has 1 saturated carbocycles. The standard InChI is InChI=1S/C15H28N2O3/c1-19-11-12-8-9-17(10-12)15(18)16-13-6-4-3-5-7-14(13)20-2/h12-14H,3-11H2,1-2H3,(H,16,18). The Morgan fingerprint density at radius 3 is 2.75 bits per heavy atom. The molecular weight excluding hydrogens is 256 g/mol. The van der Waals surface area contributed by atoms with Gasteiger partial charge in [-0.1, -0.05) is 19.3 Å². The van der Waals surface area contributed by atoms with Crippen LogP contribution in [-0.4, -0.2) is 57.0 Å². The third kappa shape index (κ3) is 4.09. The van der Waals surface area contributed by atoms with Crippen molar-refractivity contribution in [1.82, 2.24) is 10.2 Å². The molecule has 0 aromatic heterocycles. The van der Waals surface area contributed by atoms with E-state index >= 15 is 0 Å². The fourth-order valence-corrected chi connectivity index (χ4v) is 3.36. The molecule has 0 spiro atoms. The van der Waals surface area contributed by atoms with E-state index in [1.165, 1.54) is 19.3 Å². The Balaban J connectivity index is 1.83. The highest BCUT2D eigenvalue weighted by molar-refractivity contribution is 5.74. The van der Waals surface area contributed by atoms with Crippen molar-refractivity contribution in [3.8, 4) is 0 Å². The number of hydrogen-bond acceptors (Lipinski definition) is 3. The minimum atomic E-state index is 0.0672. The van der Waals surface area contributed by atoms with Gasteiger partial charge >= 0.3 is 6.03 Å². The number of ether oxygens (including phenoxy) is 2. The number of hydrogen-bond donors (Lipinski definition) is 1. The number of carbonyl (C=O) groups excluding carboxylic acids is 1. The molecule has 2 rings (SSSR count). The molecule has 1 aliphatic carbocycles. The lowest BCUT2D eigenvalue weighted by atomic mass is 10.1. The van der Waals surface area contributed by atoms with Crippen molar-refractivity contribution in [2.75, 3.05) is 33.9 Å². The second-order valence-electron chi connectivity index (χ2n) is 6.02. The summed E-state index contributed by atoms with van der Waals surface area (Å²) in [7, 11) is 3.47. The van der Waals surface area contributed by atoms with Gasteiger partial charge in [-0.2, -0.15) is 0 Å². The molecule has 1 aliphatic heterocycles. The van der Waals surface area contributed by atoms with Crippen LogP contribution in [-0.2, 0) is 9.47 Å². The lowest BCUT2D eigenvalue weighted by Gasteiger charge is -2.27. The highest BCUT2D eigenvalue weighted by Crippen LogP contribution is 2.21. The van der Waals surface area contributed by atoms with Gasteiger partial charge < -0.3 is 19.7 Å². The van der Waals surface area contributed by atoms with E-state index in [2.05, 4.69) is 5.32 Å². The van der Waals surface area contributed by atoms with Gasteiger partial charge in [0.15, 0.2) is 0 Å². The van der Waals surface area contributed by atoms with Gasteiger partial charge in [-0.3, -0.25) is 0 Å². The van der Waals surface area contributed by atoms with Crippen LogP contribution >= 0.6 is 0 Å². The number of nitrogens with zero attached hydrogens (tertiary/aromatic N) is 1. The second kappa shape index (κ2) is 7.84. The fourth-order valence-electron chi connectivity index (χ4n) is 3.36. The SMILES string of the molecule is COCC1CCN(C(=O)NC2CCCCCC2OC)C1. The Kier molecular flexibility index (Phi) is 6.10. The lowest BCUT2D eigenvalue weighted by Crippen LogP contribution is -2.49. The molecule has 116 valence electrons. The number of urea groups is 1. The van der Waals surface area contributed by atoms with Crippen LogP contribution in [0.5, 0.6) is 0 Å². The second-order valence-corrected chi connectivity index (χ2v) is 6.02. The first kappa shape index (κ1) is 15.6. The van der Waals surface area contributed by atoms with Gasteiger partial charge in [-0.05, 0) is 19.3 Å². The molecule has 1 N–H and O–H groups in total. The fraction of sp³-hybridized carbons (Fsp3) is 0.933. The molecule has 2 amide bonds. The molecule has 5 heteroatoms. The van der Waals surface area contributed by atoms with E-state index in [4.69, 9.17) is 9.47 Å². The Morgan fingerprint density at radius 2 is 2.00 bits per heavy atom. The molecule has 3 atom stereocenters. The van der Waals surface area contributed by atoms with Crippen molar-refractivity contribution in [2.45, 2.75) is 50.7 Å². The minimum absolute atomic E-state index is 0.0672. The number of nitrogens with one attached hydrogen (secondary N) is 1. The first-order chi connectivity index (χ1) is 9.74. The first-order valence-electron chi connectivity index (χ1n) is 7.81. The Bertz CT molecular complexity index is 311. The highest BCUT2D eigenvalue weighted by Gasteiger charge is 2.30. The zero-order valence-corrected chi connectivity index (χ0v) is 12.8. The normalized spacial score (nSPS) is 31.1. The minimum Gasteiger partial charge on any atom is -0.384 e. The van der Waals surface area contributed by atoms with Crippen molar-refractivity contribution in [2.24, 2.45) is 5.92 Å². The molecule has 5 nitrogen and oxygen atoms in total. The third-order valence-electron chi connectivity index (χ3n) is 4.54. The van der Waals surface area contributed by atoms with Crippen molar-refractivity contribution in [3.05, 3.63) is 0 Å². The Hall–Kier alpha value is -0.810. The maximum atomic E-state index is 12.4. The zero-order chi connectivity index (χ0) is 14.4. The lowest BCUT2D eigenvalue weighted by molar-refractivity contribution is 0.0639. The van der Waals surface area contributed by atoms with Crippen LogP contribution < -0.4 is 5.32 Å². The van der Waals surface area contributed by atoms with Gasteiger partial charge in [-0.25, -0.2) is 4.79 Å². The molecule has 20 heavy (non-hydrogen) atoms. The van der Waals surface area contributed by atoms with Crippen molar-refractivity contribution in [3.63, 3.8) is 0 Å². The molecule has 0 radical (unpaired) electrons. The Morgan fingerprint density at radius 1 is 1.20 bits per heavy atom. The van der Waals surface area contributed by atoms with Crippen LogP contribution in [0.3, 0.4) is 0 Å². The van der Waals surface area contributed by atoms with Crippen LogP contribution in [0.25, 0.3) is 0 Å². The largest absolute Gasteiger partial charge is 0.384 e. The molecule has 2 fully saturated rings. The quantitative estimate of drug-likeness (QED) is 0.804. The van der Waals surface area contributed by atoms with Gasteiger partial charge in [-0.15, -0.1) is 0 Å². The van der Waals surface area contributed by atoms with E-state index in [0.29, 0.717) is 5.92 Å². The van der Waals surface area contributed by atoms with Crippen molar-refractivity contribution in [1.29, 1.82) is 0 Å². The van der Waals surface area contributed by atoms with Crippen LogP contribution in [0.4, 0.5) is 4.79 Å². The average Bonchev–Trinajstić information content (AvgIpc) is 2.79. The molecule has 2 aliphatic rings. The molecule has 0 bridgehead atoms. The summed E-state index contributed by atoms with van der Waals surface area (Å²) in [5.41, 5.74) is 0. The monoisotopic (exact) mass is 284 g/mol. The van der Waals surface area contributed by atoms with Crippen LogP contribution in [0.15, 0.2) is 0 Å². The van der Waals surface area contributed by atoms with E-state index in [1.807, 2.05) is 4.90 Å². The molecule has 0 aromatic rings. The number of likely N-dealkylation sites (tertiary alicyclic amines) is 1. The van der Waals surface area contributed by atoms with E-state index in [9.17, 15) is 4.79 Å². The molecule has 0 aromatic carbocycles. The molecular formula is C15H28N2O3. The first-order valence-corrected chi connectivity index (χ1v) is 7.81. The van der Waals surface area contributed by atoms with Crippen LogP contribution in [0.1, 0.15) is 38.5 Å². The van der Waals surface area contributed by atoms with Crippen LogP contribution in [0.2, 0.25) is 0 Å². The number of amides is 2. The summed E-state index contributed by atoms with van der Waals surface area (Å²) in [6.45, 7) is 2.39. The van der Waals surface area contributed by atoms with Gasteiger partial charge in [0.05, 0.1) is 18.8 Å². The van der Waals surface area contributed by atoms with E-state index in [1.54, 1.807) is 14.2 Å². The third-order valence-corrected chi connectivity index (χ3v) is 4.54. The van der Waals surface area contributed by atoms with Gasteiger partial charge in [0.2, 0.25) is 0 Å². The van der Waals surface area contributed by atoms with E-state index in [-0.39, 0.29) is 18.2 Å². The summed E-state index contributed by atoms with van der Waals surface area (Å²) in [4.78, 5) is 14.3. The Labute approximate surface area is 122 Å². The molecule has 3 unspecified atom stereocenters. The number of rotatable bonds is 4. The van der Waals surface area contributed by atoms with Gasteiger partial charge in [0, 0.05) is 33.2 Å². The van der Waals surface area contributed by atoms with Gasteiger partial charge in [0.25, 0.3) is 0 Å². The summed E-state index contributed by atoms with van der Waals surface area (Å²) in [5, 5.41) is 3.19. The summed E-state index contributed by atoms with van der Waals surface area (Å²) in [5.74, 6) is 0.484. The maximum Gasteiger partial charge on any atom is 0.317 e. The topological polar surface area (TPSA) is 50.8 Å². The summed E-state index contributed by atoms with van der Waals surface area (Å²) >= 11 is 0. The smallest absolute Gasteiger partial charge is 0.317 e. The van der Waals surface area contributed by atoms with Crippen molar-refractivity contribution < 1.29 is 14.3 Å². The number of methoxy groups -OCH3 is 2. The zero-order valence-electron chi connectivity index (χ0n) is 12.8. The summed E-state index contributed by atoms with van der Waals surface area (Å²) < 4.78 is 10.7. The highest BCUT2D eigenvalue weighted by atomic mass is 16.5. The molecule has 1 saturated heterocycles. The van der Waals surface area contributed by atoms with Crippen LogP contribution in [0, 0.1) is 5.92 Å². The molecule has 1 heterocycles. The van der Waals surface area contributed by atoms with E-state index in [0.717, 1.165) is 39.0 Å². The predicted molar refractivity (Wildman–Crippen MR) is 77.8 cm³/mol.